The van der Waals surface area contributed by atoms with Crippen molar-refractivity contribution in [3.63, 3.8) is 0 Å². The zero-order valence-corrected chi connectivity index (χ0v) is 6.43. The molecular formula is C2H5O5P2+. The zero-order chi connectivity index (χ0) is 7.28. The summed E-state index contributed by atoms with van der Waals surface area (Å²) in [4.78, 5) is 9.64. The Balaban J connectivity index is 3.39. The van der Waals surface area contributed by atoms with Gasteiger partial charge in [-0.05, 0) is 11.5 Å². The fraction of sp³-hybridized carbons (Fsp3) is 1.00. The minimum absolute atomic E-state index is 0.165. The molecule has 0 bridgehead atoms. The summed E-state index contributed by atoms with van der Waals surface area (Å²) < 4.78 is 27.8. The Morgan fingerprint density at radius 1 is 1.56 bits per heavy atom. The van der Waals surface area contributed by atoms with Gasteiger partial charge in [-0.2, -0.15) is 0 Å². The van der Waals surface area contributed by atoms with Gasteiger partial charge in [-0.3, -0.25) is 0 Å². The van der Waals surface area contributed by atoms with Crippen molar-refractivity contribution < 1.29 is 22.9 Å². The molecule has 0 aliphatic heterocycles. The number of hydrogen-bond acceptors (Lipinski definition) is 5. The maximum Gasteiger partial charge on any atom is 0.744 e. The topological polar surface area (TPSA) is 75.7 Å². The summed E-state index contributed by atoms with van der Waals surface area (Å²) in [5.74, 6) is 0. The van der Waals surface area contributed by atoms with Crippen molar-refractivity contribution in [2.24, 2.45) is 0 Å². The molecule has 0 aromatic carbocycles. The molecule has 0 heterocycles. The van der Waals surface area contributed by atoms with Gasteiger partial charge < -0.3 is 4.89 Å². The van der Waals surface area contributed by atoms with Crippen LogP contribution in [0.1, 0.15) is 6.92 Å². The molecule has 0 radical (unpaired) electrons. The molecule has 0 rings (SSSR count). The third kappa shape index (κ3) is 5.96. The number of rotatable bonds is 4. The smallest absolute Gasteiger partial charge is 0.563 e. The molecule has 0 N–H and O–H groups in total. The summed E-state index contributed by atoms with van der Waals surface area (Å²) in [6.07, 6.45) is 0. The lowest BCUT2D eigenvalue weighted by Gasteiger charge is -1.74. The summed E-state index contributed by atoms with van der Waals surface area (Å²) in [6.45, 7) is 1.74. The van der Waals surface area contributed by atoms with E-state index in [-0.39, 0.29) is 6.61 Å². The van der Waals surface area contributed by atoms with E-state index < -0.39 is 16.5 Å². The molecular weight excluding hydrogens is 166 g/mol. The Morgan fingerprint density at radius 3 is 2.44 bits per heavy atom. The average Bonchev–Trinajstić information content (AvgIpc) is 1.63. The highest BCUT2D eigenvalue weighted by molar-refractivity contribution is 7.46. The molecule has 0 spiro atoms. The molecule has 2 unspecified atom stereocenters. The SMILES string of the molecule is CCO[P+](=O)O[P+](=O)[O-]. The molecule has 0 aliphatic rings. The van der Waals surface area contributed by atoms with Crippen LogP contribution in [0.25, 0.3) is 0 Å². The fourth-order valence-corrected chi connectivity index (χ4v) is 1.02. The molecule has 5 nitrogen and oxygen atoms in total. The molecule has 0 saturated heterocycles. The summed E-state index contributed by atoms with van der Waals surface area (Å²) in [7, 11) is -5.53. The van der Waals surface area contributed by atoms with E-state index in [0.29, 0.717) is 0 Å². The number of hydrogen-bond donors (Lipinski definition) is 0. The minimum atomic E-state index is -3.06. The first-order chi connectivity index (χ1) is 4.16. The predicted molar refractivity (Wildman–Crippen MR) is 27.9 cm³/mol. The maximum absolute atomic E-state index is 10.2. The third-order valence-electron chi connectivity index (χ3n) is 0.368. The van der Waals surface area contributed by atoms with Gasteiger partial charge in [0.05, 0.1) is 0 Å². The van der Waals surface area contributed by atoms with Crippen LogP contribution >= 0.6 is 16.5 Å². The van der Waals surface area contributed by atoms with E-state index in [1.54, 1.807) is 6.92 Å². The molecule has 2 atom stereocenters. The largest absolute Gasteiger partial charge is 0.744 e. The summed E-state index contributed by atoms with van der Waals surface area (Å²) in [6, 6.07) is 0. The Kier molecular flexibility index (Phi) is 4.96. The molecule has 9 heavy (non-hydrogen) atoms. The molecule has 0 saturated carbocycles. The van der Waals surface area contributed by atoms with Crippen molar-refractivity contribution in [1.82, 2.24) is 0 Å². The van der Waals surface area contributed by atoms with Crippen LogP contribution in [0.5, 0.6) is 0 Å². The van der Waals surface area contributed by atoms with Crippen molar-refractivity contribution in [3.05, 3.63) is 0 Å². The van der Waals surface area contributed by atoms with Gasteiger partial charge in [0.15, 0.2) is 0 Å². The lowest BCUT2D eigenvalue weighted by Crippen LogP contribution is -1.86. The van der Waals surface area contributed by atoms with Crippen molar-refractivity contribution in [2.75, 3.05) is 6.61 Å². The first-order valence-corrected chi connectivity index (χ1v) is 4.28. The van der Waals surface area contributed by atoms with Gasteiger partial charge in [0.2, 0.25) is 0 Å². The van der Waals surface area contributed by atoms with Crippen LogP contribution in [0.2, 0.25) is 0 Å². The van der Waals surface area contributed by atoms with Gasteiger partial charge in [-0.15, -0.1) is 4.52 Å². The Bertz CT molecular complexity index is 122. The highest BCUT2D eigenvalue weighted by atomic mass is 31.2. The van der Waals surface area contributed by atoms with Gasteiger partial charge in [-0.1, -0.05) is 0 Å². The zero-order valence-electron chi connectivity index (χ0n) is 4.64. The van der Waals surface area contributed by atoms with E-state index in [2.05, 4.69) is 8.83 Å². The second kappa shape index (κ2) is 4.91. The van der Waals surface area contributed by atoms with Crippen molar-refractivity contribution in [1.29, 1.82) is 0 Å². The molecule has 0 aromatic heterocycles. The van der Waals surface area contributed by atoms with Crippen LogP contribution in [-0.4, -0.2) is 6.61 Å². The van der Waals surface area contributed by atoms with E-state index >= 15 is 0 Å². The van der Waals surface area contributed by atoms with E-state index in [1.807, 2.05) is 0 Å². The Morgan fingerprint density at radius 2 is 2.11 bits per heavy atom. The summed E-state index contributed by atoms with van der Waals surface area (Å²) in [5, 5.41) is 0. The molecule has 52 valence electrons. The van der Waals surface area contributed by atoms with E-state index in [0.717, 1.165) is 0 Å². The molecule has 0 fully saturated rings. The third-order valence-corrected chi connectivity index (χ3v) is 1.90. The first kappa shape index (κ1) is 9.08. The molecule has 7 heteroatoms. The van der Waals surface area contributed by atoms with Gasteiger partial charge in [0, 0.05) is 4.57 Å². The monoisotopic (exact) mass is 171 g/mol. The van der Waals surface area contributed by atoms with Crippen LogP contribution in [0, 0.1) is 0 Å². The van der Waals surface area contributed by atoms with Crippen LogP contribution in [0.15, 0.2) is 0 Å². The first-order valence-electron chi connectivity index (χ1n) is 2.09. The standard InChI is InChI=1S/C2H5O5P2/c1-2-6-9(5)7-8(3)4/h2H2,1H3/q+1. The highest BCUT2D eigenvalue weighted by Crippen LogP contribution is 2.33. The fourth-order valence-electron chi connectivity index (χ4n) is 0.183. The van der Waals surface area contributed by atoms with Crippen LogP contribution in [0.3, 0.4) is 0 Å². The molecule has 0 aromatic rings. The molecule has 0 aliphatic carbocycles. The lowest BCUT2D eigenvalue weighted by molar-refractivity contribution is -0.178. The summed E-state index contributed by atoms with van der Waals surface area (Å²) >= 11 is 0. The predicted octanol–water partition coefficient (Wildman–Crippen LogP) is 0.715. The Labute approximate surface area is 53.9 Å². The van der Waals surface area contributed by atoms with Gasteiger partial charge >= 0.3 is 16.5 Å². The van der Waals surface area contributed by atoms with E-state index in [1.165, 1.54) is 0 Å². The van der Waals surface area contributed by atoms with Crippen molar-refractivity contribution >= 4 is 16.5 Å². The van der Waals surface area contributed by atoms with Gasteiger partial charge in [0.1, 0.15) is 10.9 Å². The lowest BCUT2D eigenvalue weighted by atomic mass is 10.9. The minimum Gasteiger partial charge on any atom is -0.563 e. The normalized spacial score (nSPS) is 13.1. The summed E-state index contributed by atoms with van der Waals surface area (Å²) in [5.41, 5.74) is 0. The quantitative estimate of drug-likeness (QED) is 0.582. The van der Waals surface area contributed by atoms with Crippen molar-refractivity contribution in [2.45, 2.75) is 6.92 Å². The maximum atomic E-state index is 10.2. The van der Waals surface area contributed by atoms with Crippen LogP contribution < -0.4 is 4.89 Å². The highest BCUT2D eigenvalue weighted by Gasteiger charge is 2.29. The van der Waals surface area contributed by atoms with Crippen LogP contribution in [0.4, 0.5) is 0 Å². The average molecular weight is 171 g/mol. The second-order valence-corrected chi connectivity index (χ2v) is 2.75. The van der Waals surface area contributed by atoms with E-state index in [9.17, 15) is 14.0 Å². The Hall–Kier alpha value is 0.0800. The second-order valence-electron chi connectivity index (χ2n) is 0.947. The van der Waals surface area contributed by atoms with Crippen LogP contribution in [-0.2, 0) is 18.0 Å². The van der Waals surface area contributed by atoms with E-state index in [4.69, 9.17) is 0 Å². The van der Waals surface area contributed by atoms with Crippen molar-refractivity contribution in [3.8, 4) is 0 Å². The van der Waals surface area contributed by atoms with Gasteiger partial charge in [-0.25, -0.2) is 0 Å². The molecule has 0 amide bonds. The van der Waals surface area contributed by atoms with Gasteiger partial charge in [0.25, 0.3) is 0 Å².